The lowest BCUT2D eigenvalue weighted by molar-refractivity contribution is 0.481. The molecule has 0 aromatic heterocycles. The molecule has 0 spiro atoms. The van der Waals surface area contributed by atoms with E-state index in [1.54, 1.807) is 12.2 Å². The van der Waals surface area contributed by atoms with Crippen LogP contribution in [0.5, 0.6) is 0 Å². The van der Waals surface area contributed by atoms with Gasteiger partial charge in [0.15, 0.2) is 0 Å². The van der Waals surface area contributed by atoms with Crippen LogP contribution in [-0.2, 0) is 0 Å². The van der Waals surface area contributed by atoms with Crippen LogP contribution in [-0.4, -0.2) is 26.2 Å². The zero-order chi connectivity index (χ0) is 19.4. The summed E-state index contributed by atoms with van der Waals surface area (Å²) in [5.41, 5.74) is 2.51. The number of hydrogen-bond acceptors (Lipinski definition) is 2. The van der Waals surface area contributed by atoms with Gasteiger partial charge in [0, 0.05) is 31.9 Å². The van der Waals surface area contributed by atoms with Crippen LogP contribution in [0, 0.1) is 12.8 Å². The molecule has 0 saturated carbocycles. The maximum atomic E-state index is 13.2. The van der Waals surface area contributed by atoms with Crippen molar-refractivity contribution in [3.05, 3.63) is 66.5 Å². The minimum atomic E-state index is -0.113. The van der Waals surface area contributed by atoms with Crippen molar-refractivity contribution < 1.29 is 4.39 Å². The second kappa shape index (κ2) is 12.5. The number of aryl methyl sites for hydroxylation is 1. The van der Waals surface area contributed by atoms with Gasteiger partial charge in [-0.1, -0.05) is 43.7 Å². The lowest BCUT2D eigenvalue weighted by Crippen LogP contribution is -2.34. The summed E-state index contributed by atoms with van der Waals surface area (Å²) in [6.45, 7) is 11.9. The minimum absolute atomic E-state index is 0.113. The van der Waals surface area contributed by atoms with Crippen LogP contribution in [0.1, 0.15) is 38.7 Å². The van der Waals surface area contributed by atoms with Gasteiger partial charge in [0.2, 0.25) is 0 Å². The molecule has 1 aliphatic carbocycles. The molecule has 0 saturated heterocycles. The maximum absolute atomic E-state index is 13.2. The normalized spacial score (nSPS) is 17.4. The highest BCUT2D eigenvalue weighted by molar-refractivity contribution is 5.46. The second-order valence-electron chi connectivity index (χ2n) is 6.58. The number of nitrogens with one attached hydrogen (secondary N) is 1. The number of nitrogens with zero attached hydrogens (tertiary/aromatic N) is 1. The van der Waals surface area contributed by atoms with Gasteiger partial charge in [-0.2, -0.15) is 0 Å². The Morgan fingerprint density at radius 3 is 2.65 bits per heavy atom. The summed E-state index contributed by atoms with van der Waals surface area (Å²) in [6, 6.07) is 8.86. The number of halogens is 1. The molecule has 1 aromatic carbocycles. The summed E-state index contributed by atoms with van der Waals surface area (Å²) in [4.78, 5) is 2.27. The molecule has 2 atom stereocenters. The highest BCUT2D eigenvalue weighted by Crippen LogP contribution is 2.17. The predicted molar refractivity (Wildman–Crippen MR) is 113 cm³/mol. The van der Waals surface area contributed by atoms with Gasteiger partial charge < -0.3 is 10.2 Å². The minimum Gasteiger partial charge on any atom is -0.375 e. The Hall–Kier alpha value is -1.87. The van der Waals surface area contributed by atoms with Gasteiger partial charge in [0.1, 0.15) is 5.83 Å². The molecule has 26 heavy (non-hydrogen) atoms. The molecule has 0 radical (unpaired) electrons. The molecule has 1 aliphatic rings. The van der Waals surface area contributed by atoms with E-state index in [0.29, 0.717) is 5.92 Å². The molecule has 1 N–H and O–H groups in total. The first-order valence-corrected chi connectivity index (χ1v) is 9.76. The zero-order valence-corrected chi connectivity index (χ0v) is 16.8. The van der Waals surface area contributed by atoms with Gasteiger partial charge in [0.25, 0.3) is 0 Å². The molecule has 2 nitrogen and oxygen atoms in total. The lowest BCUT2D eigenvalue weighted by atomic mass is 10.0. The van der Waals surface area contributed by atoms with Gasteiger partial charge in [-0.25, -0.2) is 4.39 Å². The molecule has 2 rings (SSSR count). The lowest BCUT2D eigenvalue weighted by Gasteiger charge is -2.23. The third-order valence-electron chi connectivity index (χ3n) is 4.58. The first kappa shape index (κ1) is 22.2. The smallest absolute Gasteiger partial charge is 0.118 e. The third-order valence-corrected chi connectivity index (χ3v) is 4.58. The van der Waals surface area contributed by atoms with Crippen LogP contribution >= 0.6 is 0 Å². The Morgan fingerprint density at radius 2 is 2.00 bits per heavy atom. The van der Waals surface area contributed by atoms with E-state index in [2.05, 4.69) is 55.0 Å². The fourth-order valence-electron chi connectivity index (χ4n) is 2.86. The first-order chi connectivity index (χ1) is 12.6. The Labute approximate surface area is 159 Å². The molecule has 0 fully saturated rings. The molecule has 0 amide bonds. The second-order valence-corrected chi connectivity index (χ2v) is 6.58. The molecule has 144 valence electrons. The molecule has 1 aromatic rings. The Bertz CT molecular complexity index is 574. The topological polar surface area (TPSA) is 15.3 Å². The summed E-state index contributed by atoms with van der Waals surface area (Å²) >= 11 is 0. The van der Waals surface area contributed by atoms with Crippen LogP contribution in [0.25, 0.3) is 0 Å². The van der Waals surface area contributed by atoms with Crippen molar-refractivity contribution in [3.8, 4) is 0 Å². The van der Waals surface area contributed by atoms with E-state index < -0.39 is 0 Å². The van der Waals surface area contributed by atoms with Crippen molar-refractivity contribution in [1.82, 2.24) is 5.32 Å². The van der Waals surface area contributed by atoms with Crippen molar-refractivity contribution in [2.45, 2.75) is 46.1 Å². The van der Waals surface area contributed by atoms with E-state index in [1.165, 1.54) is 11.3 Å². The number of anilines is 1. The van der Waals surface area contributed by atoms with E-state index >= 15 is 0 Å². The number of hydrogen-bond donors (Lipinski definition) is 1. The molecule has 3 heteroatoms. The Balaban J connectivity index is 0.00000163. The first-order valence-electron chi connectivity index (χ1n) is 9.76. The van der Waals surface area contributed by atoms with E-state index in [-0.39, 0.29) is 11.9 Å². The van der Waals surface area contributed by atoms with Crippen LogP contribution in [0.3, 0.4) is 0 Å². The fourth-order valence-corrected chi connectivity index (χ4v) is 2.86. The highest BCUT2D eigenvalue weighted by Gasteiger charge is 2.11. The third kappa shape index (κ3) is 8.01. The molecule has 0 bridgehead atoms. The van der Waals surface area contributed by atoms with Crippen molar-refractivity contribution >= 4 is 5.69 Å². The van der Waals surface area contributed by atoms with Crippen LogP contribution in [0.4, 0.5) is 10.1 Å². The summed E-state index contributed by atoms with van der Waals surface area (Å²) in [5.74, 6) is 0.268. The average molecular weight is 359 g/mol. The van der Waals surface area contributed by atoms with E-state index in [4.69, 9.17) is 0 Å². The van der Waals surface area contributed by atoms with Gasteiger partial charge >= 0.3 is 0 Å². The molecule has 1 unspecified atom stereocenters. The maximum Gasteiger partial charge on any atom is 0.118 e. The number of allylic oxidation sites excluding steroid dienone is 3. The van der Waals surface area contributed by atoms with Crippen molar-refractivity contribution in [2.75, 3.05) is 25.0 Å². The highest BCUT2D eigenvalue weighted by atomic mass is 19.1. The molecular formula is C23H35FN2. The van der Waals surface area contributed by atoms with Crippen LogP contribution < -0.4 is 10.2 Å². The Kier molecular flexibility index (Phi) is 10.6. The summed E-state index contributed by atoms with van der Waals surface area (Å²) < 4.78 is 13.2. The van der Waals surface area contributed by atoms with Crippen molar-refractivity contribution in [3.63, 3.8) is 0 Å². The van der Waals surface area contributed by atoms with E-state index in [1.807, 2.05) is 26.0 Å². The van der Waals surface area contributed by atoms with Gasteiger partial charge in [-0.05, 0) is 56.4 Å². The summed E-state index contributed by atoms with van der Waals surface area (Å²) in [6.07, 6.45) is 10.00. The molecular weight excluding hydrogens is 323 g/mol. The number of benzene rings is 1. The fraction of sp³-hybridized carbons (Fsp3) is 0.478. The predicted octanol–water partition coefficient (Wildman–Crippen LogP) is 5.81. The van der Waals surface area contributed by atoms with Crippen molar-refractivity contribution in [1.29, 1.82) is 0 Å². The van der Waals surface area contributed by atoms with Crippen molar-refractivity contribution in [2.24, 2.45) is 5.92 Å². The largest absolute Gasteiger partial charge is 0.375 e. The SMILES string of the molecule is C=C[C@H](CCN(C)c1ccc(C)cc1)NCC1C=CC(F)=CCC1.CC. The number of rotatable bonds is 8. The summed E-state index contributed by atoms with van der Waals surface area (Å²) in [7, 11) is 2.12. The van der Waals surface area contributed by atoms with Gasteiger partial charge in [-0.15, -0.1) is 6.58 Å². The van der Waals surface area contributed by atoms with Crippen LogP contribution in [0.15, 0.2) is 61.0 Å². The standard InChI is InChI=1S/C21H29FN2.C2H6/c1-4-20(23-16-18-6-5-7-19(22)11-10-18)14-15-24(3)21-12-8-17(2)9-13-21;1-2/h4,7-13,18,20,23H,1,5-6,14-16H2,2-3H3;1-2H3/t18?,20-;/m1./s1. The quantitative estimate of drug-likeness (QED) is 0.590. The molecule has 0 aliphatic heterocycles. The zero-order valence-electron chi connectivity index (χ0n) is 16.8. The average Bonchev–Trinajstić information content (AvgIpc) is 2.88. The van der Waals surface area contributed by atoms with Gasteiger partial charge in [0.05, 0.1) is 0 Å². The van der Waals surface area contributed by atoms with E-state index in [0.717, 1.165) is 32.4 Å². The monoisotopic (exact) mass is 358 g/mol. The Morgan fingerprint density at radius 1 is 1.31 bits per heavy atom. The van der Waals surface area contributed by atoms with Gasteiger partial charge in [-0.3, -0.25) is 0 Å². The van der Waals surface area contributed by atoms with E-state index in [9.17, 15) is 4.39 Å². The molecule has 0 heterocycles. The summed E-state index contributed by atoms with van der Waals surface area (Å²) in [5, 5.41) is 3.56. The van der Waals surface area contributed by atoms with Crippen LogP contribution in [0.2, 0.25) is 0 Å².